The number of hydrogen-bond donors (Lipinski definition) is 1. The molecule has 0 aromatic heterocycles. The van der Waals surface area contributed by atoms with Crippen molar-refractivity contribution in [3.8, 4) is 0 Å². The van der Waals surface area contributed by atoms with Crippen molar-refractivity contribution < 1.29 is 23.9 Å². The first-order chi connectivity index (χ1) is 14.5. The van der Waals surface area contributed by atoms with Gasteiger partial charge in [-0.2, -0.15) is 9.59 Å². The van der Waals surface area contributed by atoms with Crippen LogP contribution in [-0.2, 0) is 30.3 Å². The highest BCUT2D eigenvalue weighted by Gasteiger charge is 2.41. The second-order valence-corrected chi connectivity index (χ2v) is 7.88. The molecule has 1 aromatic rings. The fourth-order valence-corrected chi connectivity index (χ4v) is 4.60. The smallest absolute Gasteiger partial charge is 0.373 e. The number of hydrogen-bond acceptors (Lipinski definition) is 6. The summed E-state index contributed by atoms with van der Waals surface area (Å²) in [6, 6.07) is 9.66. The number of aryl methyl sites for hydroxylation is 1. The summed E-state index contributed by atoms with van der Waals surface area (Å²) in [6.45, 7) is 4.89. The molecule has 164 valence electrons. The Balaban J connectivity index is 0.00000101. The van der Waals surface area contributed by atoms with E-state index in [9.17, 15) is 9.59 Å². The van der Waals surface area contributed by atoms with Gasteiger partial charge in [0.25, 0.3) is 0 Å². The van der Waals surface area contributed by atoms with Gasteiger partial charge in [0.1, 0.15) is 6.04 Å². The second kappa shape index (κ2) is 12.3. The lowest BCUT2D eigenvalue weighted by Gasteiger charge is -2.29. The summed E-state index contributed by atoms with van der Waals surface area (Å²) in [5.74, 6) is 0.534. The Bertz CT molecular complexity index is 718. The largest absolute Gasteiger partial charge is 0.465 e. The van der Waals surface area contributed by atoms with E-state index >= 15 is 0 Å². The molecular formula is C23H32N2O5. The number of rotatable bonds is 8. The monoisotopic (exact) mass is 416 g/mol. The molecule has 30 heavy (non-hydrogen) atoms. The summed E-state index contributed by atoms with van der Waals surface area (Å²) in [6.07, 6.45) is 6.36. The van der Waals surface area contributed by atoms with E-state index in [1.165, 1.54) is 18.4 Å². The molecule has 4 atom stereocenters. The molecule has 2 aliphatic rings. The van der Waals surface area contributed by atoms with Crippen LogP contribution in [0.25, 0.3) is 0 Å². The Hall–Kier alpha value is -2.50. The van der Waals surface area contributed by atoms with Crippen molar-refractivity contribution in [3.05, 3.63) is 35.9 Å². The number of carbonyl (C=O) groups excluding carboxylic acids is 4. The van der Waals surface area contributed by atoms with Crippen molar-refractivity contribution in [3.63, 3.8) is 0 Å². The molecule has 7 nitrogen and oxygen atoms in total. The number of amides is 1. The number of ether oxygens (including phenoxy) is 1. The molecule has 1 aliphatic heterocycles. The first-order valence-electron chi connectivity index (χ1n) is 10.8. The fourth-order valence-electron chi connectivity index (χ4n) is 4.60. The molecule has 2 fully saturated rings. The Kier molecular flexibility index (Phi) is 9.71. The molecule has 1 saturated carbocycles. The summed E-state index contributed by atoms with van der Waals surface area (Å²) in [5.41, 5.74) is 1.18. The molecule has 1 N–H and O–H groups in total. The Morgan fingerprint density at radius 3 is 2.57 bits per heavy atom. The number of likely N-dealkylation sites (tertiary alicyclic amines) is 1. The third kappa shape index (κ3) is 6.51. The number of carbonyl (C=O) groups is 2. The third-order valence-corrected chi connectivity index (χ3v) is 6.00. The highest BCUT2D eigenvalue weighted by molar-refractivity contribution is 5.83. The molecular weight excluding hydrogens is 384 g/mol. The number of fused-ring (bicyclic) bond motifs is 1. The van der Waals surface area contributed by atoms with Gasteiger partial charge in [0, 0.05) is 12.6 Å². The maximum absolute atomic E-state index is 13.0. The van der Waals surface area contributed by atoms with Gasteiger partial charge in [-0.15, -0.1) is 0 Å². The van der Waals surface area contributed by atoms with E-state index in [1.54, 1.807) is 0 Å². The summed E-state index contributed by atoms with van der Waals surface area (Å²) >= 11 is 0. The van der Waals surface area contributed by atoms with E-state index in [1.807, 2.05) is 32.0 Å². The maximum Gasteiger partial charge on any atom is 0.373 e. The lowest BCUT2D eigenvalue weighted by atomic mass is 10.0. The van der Waals surface area contributed by atoms with Crippen LogP contribution in [0.2, 0.25) is 0 Å². The predicted molar refractivity (Wildman–Crippen MR) is 110 cm³/mol. The van der Waals surface area contributed by atoms with Crippen LogP contribution in [0.1, 0.15) is 51.5 Å². The highest BCUT2D eigenvalue weighted by Crippen LogP contribution is 2.37. The minimum atomic E-state index is -0.467. The number of nitrogens with one attached hydrogen (secondary N) is 1. The summed E-state index contributed by atoms with van der Waals surface area (Å²) < 4.78 is 5.24. The van der Waals surface area contributed by atoms with Gasteiger partial charge in [-0.05, 0) is 57.4 Å². The van der Waals surface area contributed by atoms with Crippen LogP contribution >= 0.6 is 0 Å². The quantitative estimate of drug-likeness (QED) is 0.654. The summed E-state index contributed by atoms with van der Waals surface area (Å²) in [5, 5.41) is 3.26. The Morgan fingerprint density at radius 1 is 1.20 bits per heavy atom. The van der Waals surface area contributed by atoms with Gasteiger partial charge >= 0.3 is 12.1 Å². The van der Waals surface area contributed by atoms with Gasteiger partial charge in [-0.3, -0.25) is 14.9 Å². The topological polar surface area (TPSA) is 92.8 Å². The van der Waals surface area contributed by atoms with Crippen LogP contribution in [0.15, 0.2) is 30.3 Å². The fraction of sp³-hybridized carbons (Fsp3) is 0.609. The summed E-state index contributed by atoms with van der Waals surface area (Å²) in [7, 11) is 0. The lowest BCUT2D eigenvalue weighted by molar-refractivity contribution is -0.191. The minimum Gasteiger partial charge on any atom is -0.465 e. The van der Waals surface area contributed by atoms with Gasteiger partial charge in [0.2, 0.25) is 5.91 Å². The number of esters is 1. The molecule has 0 spiro atoms. The van der Waals surface area contributed by atoms with Gasteiger partial charge < -0.3 is 9.64 Å². The van der Waals surface area contributed by atoms with Crippen LogP contribution in [0.5, 0.6) is 0 Å². The van der Waals surface area contributed by atoms with Crippen molar-refractivity contribution in [2.75, 3.05) is 13.2 Å². The zero-order chi connectivity index (χ0) is 21.9. The minimum absolute atomic E-state index is 0.124. The zero-order valence-electron chi connectivity index (χ0n) is 17.8. The third-order valence-electron chi connectivity index (χ3n) is 6.00. The van der Waals surface area contributed by atoms with E-state index in [0.29, 0.717) is 25.0 Å². The first-order valence-corrected chi connectivity index (χ1v) is 10.8. The van der Waals surface area contributed by atoms with Crippen molar-refractivity contribution in [2.45, 2.75) is 70.5 Å². The molecule has 0 bridgehead atoms. The highest BCUT2D eigenvalue weighted by atomic mass is 16.5. The van der Waals surface area contributed by atoms with Crippen molar-refractivity contribution in [1.29, 1.82) is 0 Å². The van der Waals surface area contributed by atoms with Gasteiger partial charge in [-0.1, -0.05) is 36.8 Å². The van der Waals surface area contributed by atoms with Gasteiger partial charge in [-0.25, -0.2) is 0 Å². The molecule has 1 aliphatic carbocycles. The Labute approximate surface area is 178 Å². The SMILES string of the molecule is CCOC(=O)[C@H](CCc1ccccc1)N[C@@H](C)C(=O)N1CCC2CCCC21.O=C=O. The average molecular weight is 417 g/mol. The molecule has 2 unspecified atom stereocenters. The maximum atomic E-state index is 13.0. The lowest BCUT2D eigenvalue weighted by Crippen LogP contribution is -2.52. The normalized spacial score (nSPS) is 21.6. The molecule has 1 heterocycles. The van der Waals surface area contributed by atoms with E-state index in [4.69, 9.17) is 14.3 Å². The van der Waals surface area contributed by atoms with E-state index in [2.05, 4.69) is 22.3 Å². The standard InChI is InChI=1S/C22H32N2O3.CO2/c1-3-27-22(26)19(13-12-17-8-5-4-6-9-17)23-16(2)21(25)24-15-14-18-10-7-11-20(18)24;2-1-3/h4-6,8-9,16,18-20,23H,3,7,10-15H2,1-2H3;/t16-,18?,19-,20?;/m0./s1. The Morgan fingerprint density at radius 2 is 1.90 bits per heavy atom. The van der Waals surface area contributed by atoms with Gasteiger partial charge in [0.05, 0.1) is 12.6 Å². The van der Waals surface area contributed by atoms with Crippen LogP contribution < -0.4 is 5.32 Å². The second-order valence-electron chi connectivity index (χ2n) is 7.88. The van der Waals surface area contributed by atoms with E-state index in [-0.39, 0.29) is 24.1 Å². The average Bonchev–Trinajstić information content (AvgIpc) is 3.36. The number of benzene rings is 1. The predicted octanol–water partition coefficient (Wildman–Crippen LogP) is 2.35. The van der Waals surface area contributed by atoms with Crippen LogP contribution in [0.4, 0.5) is 0 Å². The van der Waals surface area contributed by atoms with Crippen molar-refractivity contribution >= 4 is 18.0 Å². The summed E-state index contributed by atoms with van der Waals surface area (Å²) in [4.78, 5) is 43.7. The van der Waals surface area contributed by atoms with Crippen LogP contribution in [0.3, 0.4) is 0 Å². The molecule has 1 aromatic carbocycles. The molecule has 1 saturated heterocycles. The molecule has 1 amide bonds. The molecule has 7 heteroatoms. The van der Waals surface area contributed by atoms with Gasteiger partial charge in [0.15, 0.2) is 0 Å². The van der Waals surface area contributed by atoms with Crippen LogP contribution in [0, 0.1) is 5.92 Å². The number of nitrogens with zero attached hydrogens (tertiary/aromatic N) is 1. The molecule has 3 rings (SSSR count). The first kappa shape index (κ1) is 23.8. The zero-order valence-corrected chi connectivity index (χ0v) is 17.8. The van der Waals surface area contributed by atoms with E-state index in [0.717, 1.165) is 25.8 Å². The molecule has 0 radical (unpaired) electrons. The van der Waals surface area contributed by atoms with Crippen molar-refractivity contribution in [1.82, 2.24) is 10.2 Å². The van der Waals surface area contributed by atoms with E-state index < -0.39 is 6.04 Å². The van der Waals surface area contributed by atoms with Crippen LogP contribution in [-0.4, -0.2) is 54.2 Å². The van der Waals surface area contributed by atoms with Crippen molar-refractivity contribution in [2.24, 2.45) is 5.92 Å².